The van der Waals surface area contributed by atoms with Gasteiger partial charge >= 0.3 is 0 Å². The standard InChI is InChI=1S/C18H38N2/c1-7-8-13-20(6)15-18(14-19-17(3,4)5)11-9-16(2)10-12-18/h16,19H,7-15H2,1-6H3. The molecular formula is C18H38N2. The Balaban J connectivity index is 2.59. The minimum absolute atomic E-state index is 0.234. The molecule has 0 amide bonds. The van der Waals surface area contributed by atoms with Crippen molar-refractivity contribution in [2.45, 2.75) is 78.7 Å². The summed E-state index contributed by atoms with van der Waals surface area (Å²) in [5.74, 6) is 0.929. The molecule has 1 saturated carbocycles. The van der Waals surface area contributed by atoms with Gasteiger partial charge in [0.25, 0.3) is 0 Å². The first-order valence-corrected chi connectivity index (χ1v) is 8.70. The number of nitrogens with zero attached hydrogens (tertiary/aromatic N) is 1. The third kappa shape index (κ3) is 6.58. The van der Waals surface area contributed by atoms with Crippen LogP contribution in [0, 0.1) is 11.3 Å². The van der Waals surface area contributed by atoms with E-state index in [2.05, 4.69) is 51.9 Å². The van der Waals surface area contributed by atoms with Gasteiger partial charge in [0.05, 0.1) is 0 Å². The first kappa shape index (κ1) is 18.0. The van der Waals surface area contributed by atoms with Gasteiger partial charge in [-0.15, -0.1) is 0 Å². The average molecular weight is 283 g/mol. The number of nitrogens with one attached hydrogen (secondary N) is 1. The molecule has 0 atom stereocenters. The largest absolute Gasteiger partial charge is 0.311 e. The zero-order valence-corrected chi connectivity index (χ0v) is 14.9. The molecule has 1 aliphatic carbocycles. The predicted molar refractivity (Wildman–Crippen MR) is 90.2 cm³/mol. The van der Waals surface area contributed by atoms with E-state index in [0.717, 1.165) is 5.92 Å². The summed E-state index contributed by atoms with van der Waals surface area (Å²) in [5, 5.41) is 3.78. The van der Waals surface area contributed by atoms with Gasteiger partial charge in [0, 0.05) is 18.6 Å². The van der Waals surface area contributed by atoms with E-state index in [1.807, 2.05) is 0 Å². The van der Waals surface area contributed by atoms with Crippen LogP contribution in [0.25, 0.3) is 0 Å². The van der Waals surface area contributed by atoms with Crippen LogP contribution in [0.5, 0.6) is 0 Å². The van der Waals surface area contributed by atoms with Crippen molar-refractivity contribution in [3.8, 4) is 0 Å². The van der Waals surface area contributed by atoms with Crippen LogP contribution in [0.3, 0.4) is 0 Å². The molecule has 0 spiro atoms. The number of rotatable bonds is 7. The summed E-state index contributed by atoms with van der Waals surface area (Å²) in [7, 11) is 2.31. The Kier molecular flexibility index (Phi) is 7.00. The van der Waals surface area contributed by atoms with Crippen LogP contribution in [-0.4, -0.2) is 37.1 Å². The monoisotopic (exact) mass is 282 g/mol. The van der Waals surface area contributed by atoms with E-state index in [1.54, 1.807) is 0 Å². The molecule has 0 radical (unpaired) electrons. The average Bonchev–Trinajstić information content (AvgIpc) is 2.37. The second-order valence-corrected chi connectivity index (χ2v) is 8.38. The van der Waals surface area contributed by atoms with Gasteiger partial charge in [-0.1, -0.05) is 33.1 Å². The van der Waals surface area contributed by atoms with E-state index in [4.69, 9.17) is 0 Å². The summed E-state index contributed by atoms with van der Waals surface area (Å²) in [6.07, 6.45) is 8.24. The Labute approximate surface area is 127 Å². The van der Waals surface area contributed by atoms with Crippen LogP contribution in [0.4, 0.5) is 0 Å². The third-order valence-corrected chi connectivity index (χ3v) is 4.83. The third-order valence-electron chi connectivity index (χ3n) is 4.83. The minimum Gasteiger partial charge on any atom is -0.311 e. The Morgan fingerprint density at radius 3 is 2.30 bits per heavy atom. The van der Waals surface area contributed by atoms with Crippen LogP contribution in [0.1, 0.15) is 73.1 Å². The molecule has 1 N–H and O–H groups in total. The summed E-state index contributed by atoms with van der Waals surface area (Å²) in [5.41, 5.74) is 0.736. The van der Waals surface area contributed by atoms with E-state index in [9.17, 15) is 0 Å². The van der Waals surface area contributed by atoms with E-state index in [1.165, 1.54) is 58.2 Å². The molecule has 1 fully saturated rings. The first-order chi connectivity index (χ1) is 9.26. The second-order valence-electron chi connectivity index (χ2n) is 8.38. The van der Waals surface area contributed by atoms with Crippen molar-refractivity contribution < 1.29 is 0 Å². The van der Waals surface area contributed by atoms with Crippen molar-refractivity contribution >= 4 is 0 Å². The van der Waals surface area contributed by atoms with E-state index in [0.29, 0.717) is 5.41 Å². The lowest BCUT2D eigenvalue weighted by molar-refractivity contribution is 0.0909. The summed E-state index contributed by atoms with van der Waals surface area (Å²) >= 11 is 0. The van der Waals surface area contributed by atoms with Gasteiger partial charge < -0.3 is 10.2 Å². The molecule has 0 bridgehead atoms. The molecule has 120 valence electrons. The molecule has 0 aromatic heterocycles. The Morgan fingerprint density at radius 2 is 1.80 bits per heavy atom. The molecule has 0 saturated heterocycles. The summed E-state index contributed by atoms with van der Waals surface area (Å²) < 4.78 is 0. The first-order valence-electron chi connectivity index (χ1n) is 8.70. The van der Waals surface area contributed by atoms with Crippen LogP contribution in [0.15, 0.2) is 0 Å². The molecule has 0 heterocycles. The van der Waals surface area contributed by atoms with Crippen LogP contribution in [0.2, 0.25) is 0 Å². The molecule has 0 aliphatic heterocycles. The molecular weight excluding hydrogens is 244 g/mol. The Bertz CT molecular complexity index is 259. The lowest BCUT2D eigenvalue weighted by atomic mass is 9.70. The highest BCUT2D eigenvalue weighted by Gasteiger charge is 2.35. The fourth-order valence-electron chi connectivity index (χ4n) is 3.30. The maximum Gasteiger partial charge on any atom is 0.00967 e. The van der Waals surface area contributed by atoms with Gasteiger partial charge in [-0.3, -0.25) is 0 Å². The minimum atomic E-state index is 0.234. The molecule has 2 nitrogen and oxygen atoms in total. The van der Waals surface area contributed by atoms with Crippen LogP contribution < -0.4 is 5.32 Å². The highest BCUT2D eigenvalue weighted by molar-refractivity contribution is 4.90. The van der Waals surface area contributed by atoms with Crippen molar-refractivity contribution in [2.24, 2.45) is 11.3 Å². The number of hydrogen-bond acceptors (Lipinski definition) is 2. The number of hydrogen-bond donors (Lipinski definition) is 1. The van der Waals surface area contributed by atoms with Crippen LogP contribution in [-0.2, 0) is 0 Å². The van der Waals surface area contributed by atoms with Crippen molar-refractivity contribution in [2.75, 3.05) is 26.7 Å². The Hall–Kier alpha value is -0.0800. The lowest BCUT2D eigenvalue weighted by Gasteiger charge is -2.43. The van der Waals surface area contributed by atoms with Gasteiger partial charge in [0.15, 0.2) is 0 Å². The topological polar surface area (TPSA) is 15.3 Å². The predicted octanol–water partition coefficient (Wildman–Crippen LogP) is 4.30. The molecule has 0 unspecified atom stereocenters. The fraction of sp³-hybridized carbons (Fsp3) is 1.00. The van der Waals surface area contributed by atoms with Gasteiger partial charge in [0.1, 0.15) is 0 Å². The molecule has 20 heavy (non-hydrogen) atoms. The van der Waals surface area contributed by atoms with Crippen molar-refractivity contribution in [1.29, 1.82) is 0 Å². The quantitative estimate of drug-likeness (QED) is 0.749. The van der Waals surface area contributed by atoms with Gasteiger partial charge in [-0.2, -0.15) is 0 Å². The molecule has 0 aromatic rings. The SMILES string of the molecule is CCCCN(C)CC1(CNC(C)(C)C)CCC(C)CC1. The van der Waals surface area contributed by atoms with Crippen molar-refractivity contribution in [1.82, 2.24) is 10.2 Å². The highest BCUT2D eigenvalue weighted by Crippen LogP contribution is 2.39. The van der Waals surface area contributed by atoms with Gasteiger partial charge in [0.2, 0.25) is 0 Å². The van der Waals surface area contributed by atoms with E-state index >= 15 is 0 Å². The second kappa shape index (κ2) is 7.79. The van der Waals surface area contributed by atoms with E-state index in [-0.39, 0.29) is 5.54 Å². The summed E-state index contributed by atoms with van der Waals surface area (Å²) in [4.78, 5) is 2.57. The Morgan fingerprint density at radius 1 is 1.20 bits per heavy atom. The highest BCUT2D eigenvalue weighted by atomic mass is 15.1. The van der Waals surface area contributed by atoms with E-state index < -0.39 is 0 Å². The molecule has 0 aromatic carbocycles. The smallest absolute Gasteiger partial charge is 0.00967 e. The summed E-state index contributed by atoms with van der Waals surface area (Å²) in [6.45, 7) is 15.3. The van der Waals surface area contributed by atoms with Crippen LogP contribution >= 0.6 is 0 Å². The summed E-state index contributed by atoms with van der Waals surface area (Å²) in [6, 6.07) is 0. The maximum absolute atomic E-state index is 3.78. The normalized spacial score (nSPS) is 28.1. The lowest BCUT2D eigenvalue weighted by Crippen LogP contribution is -2.49. The number of unbranched alkanes of at least 4 members (excludes halogenated alkanes) is 1. The molecule has 2 heteroatoms. The van der Waals surface area contributed by atoms with Crippen molar-refractivity contribution in [3.63, 3.8) is 0 Å². The zero-order chi connectivity index (χ0) is 15.2. The molecule has 1 aliphatic rings. The zero-order valence-electron chi connectivity index (χ0n) is 14.9. The van der Waals surface area contributed by atoms with Crippen molar-refractivity contribution in [3.05, 3.63) is 0 Å². The maximum atomic E-state index is 3.78. The fourth-order valence-corrected chi connectivity index (χ4v) is 3.30. The van der Waals surface area contributed by atoms with Gasteiger partial charge in [-0.05, 0) is 65.0 Å². The van der Waals surface area contributed by atoms with Gasteiger partial charge in [-0.25, -0.2) is 0 Å². The molecule has 1 rings (SSSR count).